The third-order valence-corrected chi connectivity index (χ3v) is 3.83. The third kappa shape index (κ3) is 4.30. The van der Waals surface area contributed by atoms with E-state index in [0.717, 1.165) is 24.8 Å². The van der Waals surface area contributed by atoms with Crippen LogP contribution in [0.15, 0.2) is 24.3 Å². The lowest BCUT2D eigenvalue weighted by Gasteiger charge is -2.23. The van der Waals surface area contributed by atoms with Gasteiger partial charge in [0.25, 0.3) is 0 Å². The Bertz CT molecular complexity index is 442. The number of benzene rings is 1. The van der Waals surface area contributed by atoms with Gasteiger partial charge in [0.1, 0.15) is 5.82 Å². The molecule has 3 nitrogen and oxygen atoms in total. The van der Waals surface area contributed by atoms with Crippen molar-refractivity contribution in [1.82, 2.24) is 4.90 Å². The molecule has 1 atom stereocenters. The van der Waals surface area contributed by atoms with Crippen molar-refractivity contribution in [3.63, 3.8) is 0 Å². The lowest BCUT2D eigenvalue weighted by Crippen LogP contribution is -2.33. The summed E-state index contributed by atoms with van der Waals surface area (Å²) < 4.78 is 12.9. The summed E-state index contributed by atoms with van der Waals surface area (Å²) in [7, 11) is 0. The molecule has 0 bridgehead atoms. The Morgan fingerprint density at radius 3 is 2.60 bits per heavy atom. The zero-order valence-corrected chi connectivity index (χ0v) is 12.0. The maximum atomic E-state index is 12.9. The average Bonchev–Trinajstić information content (AvgIpc) is 3.28. The number of carbonyl (C=O) groups is 1. The van der Waals surface area contributed by atoms with Gasteiger partial charge in [-0.15, -0.1) is 0 Å². The highest BCUT2D eigenvalue weighted by molar-refractivity contribution is 5.76. The SMILES string of the molecule is CC(CN)CCC(=O)N(Cc1ccc(F)cc1)C1CC1. The molecule has 0 aromatic heterocycles. The average molecular weight is 278 g/mol. The normalized spacial score (nSPS) is 15.9. The van der Waals surface area contributed by atoms with Crippen LogP contribution >= 0.6 is 0 Å². The molecule has 1 fully saturated rings. The smallest absolute Gasteiger partial charge is 0.223 e. The molecule has 1 aromatic rings. The van der Waals surface area contributed by atoms with Crippen LogP contribution in [0.2, 0.25) is 0 Å². The first kappa shape index (κ1) is 15.0. The van der Waals surface area contributed by atoms with Crippen LogP contribution in [0.5, 0.6) is 0 Å². The first-order valence-corrected chi connectivity index (χ1v) is 7.34. The van der Waals surface area contributed by atoms with E-state index in [4.69, 9.17) is 5.73 Å². The molecule has 1 amide bonds. The fourth-order valence-electron chi connectivity index (χ4n) is 2.22. The summed E-state index contributed by atoms with van der Waals surface area (Å²) in [6.45, 7) is 3.27. The summed E-state index contributed by atoms with van der Waals surface area (Å²) in [6.07, 6.45) is 3.55. The summed E-state index contributed by atoms with van der Waals surface area (Å²) >= 11 is 0. The van der Waals surface area contributed by atoms with E-state index in [1.807, 2.05) is 4.90 Å². The summed E-state index contributed by atoms with van der Waals surface area (Å²) in [5.74, 6) is 0.331. The highest BCUT2D eigenvalue weighted by Crippen LogP contribution is 2.29. The summed E-state index contributed by atoms with van der Waals surface area (Å²) in [5, 5.41) is 0. The van der Waals surface area contributed by atoms with Crippen LogP contribution in [0, 0.1) is 11.7 Å². The number of hydrogen-bond acceptors (Lipinski definition) is 2. The zero-order chi connectivity index (χ0) is 14.5. The minimum absolute atomic E-state index is 0.192. The first-order valence-electron chi connectivity index (χ1n) is 7.34. The number of amides is 1. The molecule has 2 N–H and O–H groups in total. The van der Waals surface area contributed by atoms with Gasteiger partial charge in [0, 0.05) is 19.0 Å². The van der Waals surface area contributed by atoms with Gasteiger partial charge >= 0.3 is 0 Å². The van der Waals surface area contributed by atoms with Gasteiger partial charge in [0.05, 0.1) is 0 Å². The van der Waals surface area contributed by atoms with Crippen molar-refractivity contribution in [3.05, 3.63) is 35.6 Å². The lowest BCUT2D eigenvalue weighted by atomic mass is 10.1. The Kier molecular flexibility index (Phi) is 5.12. The van der Waals surface area contributed by atoms with Crippen LogP contribution in [-0.4, -0.2) is 23.4 Å². The molecule has 1 saturated carbocycles. The lowest BCUT2D eigenvalue weighted by molar-refractivity contribution is -0.132. The second-order valence-electron chi connectivity index (χ2n) is 5.76. The van der Waals surface area contributed by atoms with Crippen molar-refractivity contribution in [3.8, 4) is 0 Å². The molecule has 20 heavy (non-hydrogen) atoms. The fourth-order valence-corrected chi connectivity index (χ4v) is 2.22. The van der Waals surface area contributed by atoms with Gasteiger partial charge in [-0.2, -0.15) is 0 Å². The van der Waals surface area contributed by atoms with Crippen molar-refractivity contribution in [1.29, 1.82) is 0 Å². The quantitative estimate of drug-likeness (QED) is 0.833. The zero-order valence-electron chi connectivity index (χ0n) is 12.0. The standard InChI is InChI=1S/C16H23FN2O/c1-12(10-18)2-9-16(20)19(15-7-8-15)11-13-3-5-14(17)6-4-13/h3-6,12,15H,2,7-11,18H2,1H3. The summed E-state index contributed by atoms with van der Waals surface area (Å²) in [5.41, 5.74) is 6.57. The highest BCUT2D eigenvalue weighted by Gasteiger charge is 2.32. The maximum Gasteiger partial charge on any atom is 0.223 e. The van der Waals surface area contributed by atoms with Crippen molar-refractivity contribution >= 4 is 5.91 Å². The summed E-state index contributed by atoms with van der Waals surface area (Å²) in [4.78, 5) is 14.3. The number of halogens is 1. The Morgan fingerprint density at radius 1 is 1.40 bits per heavy atom. The van der Waals surface area contributed by atoms with Crippen LogP contribution in [0.25, 0.3) is 0 Å². The molecule has 0 aliphatic heterocycles. The molecule has 4 heteroatoms. The van der Waals surface area contributed by atoms with Gasteiger partial charge in [-0.05, 0) is 49.4 Å². The van der Waals surface area contributed by atoms with Crippen LogP contribution in [0.4, 0.5) is 4.39 Å². The van der Waals surface area contributed by atoms with Gasteiger partial charge in [-0.25, -0.2) is 4.39 Å². The topological polar surface area (TPSA) is 46.3 Å². The van der Waals surface area contributed by atoms with Gasteiger partial charge in [0.2, 0.25) is 5.91 Å². The Balaban J connectivity index is 1.93. The van der Waals surface area contributed by atoms with E-state index < -0.39 is 0 Å². The van der Waals surface area contributed by atoms with Gasteiger partial charge in [0.15, 0.2) is 0 Å². The van der Waals surface area contributed by atoms with Crippen molar-refractivity contribution < 1.29 is 9.18 Å². The van der Waals surface area contributed by atoms with E-state index >= 15 is 0 Å². The second-order valence-corrected chi connectivity index (χ2v) is 5.76. The Labute approximate surface area is 120 Å². The molecule has 1 aromatic carbocycles. The maximum absolute atomic E-state index is 12.9. The van der Waals surface area contributed by atoms with Gasteiger partial charge in [-0.1, -0.05) is 19.1 Å². The highest BCUT2D eigenvalue weighted by atomic mass is 19.1. The second kappa shape index (κ2) is 6.84. The van der Waals surface area contributed by atoms with E-state index in [1.165, 1.54) is 12.1 Å². The Hall–Kier alpha value is -1.42. The number of hydrogen-bond donors (Lipinski definition) is 1. The largest absolute Gasteiger partial charge is 0.335 e. The molecule has 2 rings (SSSR count). The molecule has 0 spiro atoms. The molecule has 0 heterocycles. The monoisotopic (exact) mass is 278 g/mol. The van der Waals surface area contributed by atoms with Crippen LogP contribution in [0.3, 0.4) is 0 Å². The molecule has 1 aliphatic carbocycles. The predicted octanol–water partition coefficient (Wildman–Crippen LogP) is 2.69. The molecule has 1 unspecified atom stereocenters. The van der Waals surface area contributed by atoms with Crippen LogP contribution in [0.1, 0.15) is 38.2 Å². The first-order chi connectivity index (χ1) is 9.60. The minimum Gasteiger partial charge on any atom is -0.335 e. The van der Waals surface area contributed by atoms with Crippen molar-refractivity contribution in [2.75, 3.05) is 6.54 Å². The van der Waals surface area contributed by atoms with E-state index in [9.17, 15) is 9.18 Å². The van der Waals surface area contributed by atoms with Gasteiger partial charge in [-0.3, -0.25) is 4.79 Å². The summed E-state index contributed by atoms with van der Waals surface area (Å²) in [6, 6.07) is 6.77. The van der Waals surface area contributed by atoms with E-state index in [-0.39, 0.29) is 11.7 Å². The van der Waals surface area contributed by atoms with E-state index in [2.05, 4.69) is 6.92 Å². The molecule has 0 radical (unpaired) electrons. The molecule has 0 saturated heterocycles. The van der Waals surface area contributed by atoms with Gasteiger partial charge < -0.3 is 10.6 Å². The number of nitrogens with zero attached hydrogens (tertiary/aromatic N) is 1. The van der Waals surface area contributed by atoms with Crippen molar-refractivity contribution in [2.45, 2.75) is 45.2 Å². The predicted molar refractivity (Wildman–Crippen MR) is 77.4 cm³/mol. The number of nitrogens with two attached hydrogens (primary N) is 1. The number of rotatable bonds is 7. The Morgan fingerprint density at radius 2 is 2.05 bits per heavy atom. The molecular weight excluding hydrogens is 255 g/mol. The van der Waals surface area contributed by atoms with Crippen LogP contribution < -0.4 is 5.73 Å². The van der Waals surface area contributed by atoms with Crippen molar-refractivity contribution in [2.24, 2.45) is 11.7 Å². The van der Waals surface area contributed by atoms with Crippen LogP contribution in [-0.2, 0) is 11.3 Å². The molecule has 1 aliphatic rings. The third-order valence-electron chi connectivity index (χ3n) is 3.83. The van der Waals surface area contributed by atoms with E-state index in [1.54, 1.807) is 12.1 Å². The molecular formula is C16H23FN2O. The fraction of sp³-hybridized carbons (Fsp3) is 0.562. The molecule has 110 valence electrons. The van der Waals surface area contributed by atoms with E-state index in [0.29, 0.717) is 31.5 Å². The minimum atomic E-state index is -0.241. The number of carbonyl (C=O) groups excluding carboxylic acids is 1.